The van der Waals surface area contributed by atoms with E-state index in [2.05, 4.69) is 4.57 Å². The number of nitrogens with zero attached hydrogens (tertiary/aromatic N) is 2. The summed E-state index contributed by atoms with van der Waals surface area (Å²) in [5.41, 5.74) is 3.54. The summed E-state index contributed by atoms with van der Waals surface area (Å²) in [6.45, 7) is 5.22. The molecule has 0 bridgehead atoms. The molecule has 1 aliphatic carbocycles. The van der Waals surface area contributed by atoms with Crippen molar-refractivity contribution in [1.82, 2.24) is 9.47 Å². The monoisotopic (exact) mass is 386 g/mol. The van der Waals surface area contributed by atoms with Crippen molar-refractivity contribution in [3.63, 3.8) is 0 Å². The summed E-state index contributed by atoms with van der Waals surface area (Å²) in [6, 6.07) is 9.51. The normalized spacial score (nSPS) is 20.7. The maximum atomic E-state index is 13.1. The van der Waals surface area contributed by atoms with Crippen LogP contribution in [0.4, 0.5) is 0 Å². The van der Waals surface area contributed by atoms with E-state index in [1.807, 2.05) is 49.1 Å². The molecule has 2 aromatic rings. The number of halogens is 1. The van der Waals surface area contributed by atoms with Gasteiger partial charge in [0.2, 0.25) is 0 Å². The Morgan fingerprint density at radius 3 is 2.33 bits per heavy atom. The van der Waals surface area contributed by atoms with Crippen molar-refractivity contribution in [2.75, 3.05) is 13.1 Å². The number of carbonyl (C=O) groups is 2. The molecule has 1 N–H and O–H groups in total. The van der Waals surface area contributed by atoms with Crippen molar-refractivity contribution in [2.45, 2.75) is 33.1 Å². The Morgan fingerprint density at radius 2 is 1.78 bits per heavy atom. The zero-order valence-corrected chi connectivity index (χ0v) is 16.3. The van der Waals surface area contributed by atoms with Crippen LogP contribution in [-0.2, 0) is 4.79 Å². The molecule has 1 atom stereocenters. The first-order valence-electron chi connectivity index (χ1n) is 9.29. The van der Waals surface area contributed by atoms with Gasteiger partial charge >= 0.3 is 5.97 Å². The molecule has 1 unspecified atom stereocenters. The van der Waals surface area contributed by atoms with E-state index in [0.717, 1.165) is 36.3 Å². The van der Waals surface area contributed by atoms with Gasteiger partial charge in [0.15, 0.2) is 0 Å². The molecule has 2 heterocycles. The molecule has 6 heteroatoms. The number of aromatic nitrogens is 1. The molecular formula is C21H23ClN2O3. The van der Waals surface area contributed by atoms with Crippen LogP contribution in [0.1, 0.15) is 41.0 Å². The number of piperidine rings is 1. The van der Waals surface area contributed by atoms with E-state index in [4.69, 9.17) is 11.6 Å². The van der Waals surface area contributed by atoms with Gasteiger partial charge in [-0.1, -0.05) is 11.6 Å². The van der Waals surface area contributed by atoms with Crippen LogP contribution in [-0.4, -0.2) is 39.5 Å². The fraction of sp³-hybridized carbons (Fsp3) is 0.429. The Bertz CT molecular complexity index is 908. The molecule has 2 fully saturated rings. The molecular weight excluding hydrogens is 364 g/mol. The van der Waals surface area contributed by atoms with Gasteiger partial charge in [-0.05, 0) is 68.9 Å². The number of hydrogen-bond donors (Lipinski definition) is 1. The van der Waals surface area contributed by atoms with Crippen LogP contribution in [0.15, 0.2) is 30.3 Å². The van der Waals surface area contributed by atoms with Crippen molar-refractivity contribution in [3.8, 4) is 5.69 Å². The van der Waals surface area contributed by atoms with Crippen molar-refractivity contribution in [2.24, 2.45) is 11.3 Å². The van der Waals surface area contributed by atoms with E-state index in [1.165, 1.54) is 0 Å². The summed E-state index contributed by atoms with van der Waals surface area (Å²) >= 11 is 5.99. The number of rotatable bonds is 3. The highest BCUT2D eigenvalue weighted by Crippen LogP contribution is 2.59. The molecule has 1 aromatic carbocycles. The van der Waals surface area contributed by atoms with E-state index in [0.29, 0.717) is 23.7 Å². The van der Waals surface area contributed by atoms with E-state index >= 15 is 0 Å². The highest BCUT2D eigenvalue weighted by molar-refractivity contribution is 6.30. The second kappa shape index (κ2) is 6.41. The van der Waals surface area contributed by atoms with Crippen LogP contribution < -0.4 is 0 Å². The molecule has 27 heavy (non-hydrogen) atoms. The van der Waals surface area contributed by atoms with Crippen LogP contribution in [0.2, 0.25) is 5.02 Å². The number of carboxylic acids is 1. The maximum Gasteiger partial charge on any atom is 0.307 e. The Balaban J connectivity index is 1.53. The summed E-state index contributed by atoms with van der Waals surface area (Å²) in [6.07, 6.45) is 2.33. The molecule has 5 nitrogen and oxygen atoms in total. The van der Waals surface area contributed by atoms with Gasteiger partial charge in [0, 0.05) is 35.2 Å². The minimum absolute atomic E-state index is 0.0330. The van der Waals surface area contributed by atoms with Gasteiger partial charge in [-0.2, -0.15) is 0 Å². The summed E-state index contributed by atoms with van der Waals surface area (Å²) in [5.74, 6) is -0.878. The van der Waals surface area contributed by atoms with Gasteiger partial charge in [0.05, 0.1) is 11.5 Å². The third-order valence-electron chi connectivity index (χ3n) is 6.28. The van der Waals surface area contributed by atoms with Crippen LogP contribution in [0.25, 0.3) is 5.69 Å². The minimum Gasteiger partial charge on any atom is -0.481 e. The Hall–Kier alpha value is -2.27. The van der Waals surface area contributed by atoms with Gasteiger partial charge in [-0.25, -0.2) is 0 Å². The number of aliphatic carboxylic acids is 1. The largest absolute Gasteiger partial charge is 0.481 e. The summed E-state index contributed by atoms with van der Waals surface area (Å²) in [4.78, 5) is 26.2. The number of carboxylic acid groups (broad SMARTS) is 1. The molecule has 0 radical (unpaired) electrons. The third-order valence-corrected chi connectivity index (χ3v) is 6.53. The second-order valence-electron chi connectivity index (χ2n) is 7.85. The van der Waals surface area contributed by atoms with Crippen molar-refractivity contribution in [3.05, 3.63) is 52.3 Å². The average Bonchev–Trinajstić information content (AvgIpc) is 3.26. The first-order chi connectivity index (χ1) is 12.8. The van der Waals surface area contributed by atoms with Crippen LogP contribution in [0.3, 0.4) is 0 Å². The summed E-state index contributed by atoms with van der Waals surface area (Å²) < 4.78 is 2.07. The first-order valence-corrected chi connectivity index (χ1v) is 9.67. The minimum atomic E-state index is -0.693. The number of likely N-dealkylation sites (tertiary alicyclic amines) is 1. The number of amides is 1. The third kappa shape index (κ3) is 3.04. The van der Waals surface area contributed by atoms with Crippen LogP contribution >= 0.6 is 11.6 Å². The lowest BCUT2D eigenvalue weighted by atomic mass is 9.90. The fourth-order valence-corrected chi connectivity index (χ4v) is 4.67. The lowest BCUT2D eigenvalue weighted by Crippen LogP contribution is -2.40. The van der Waals surface area contributed by atoms with Gasteiger partial charge in [0.1, 0.15) is 0 Å². The number of aryl methyl sites for hydroxylation is 1. The van der Waals surface area contributed by atoms with Crippen LogP contribution in [0.5, 0.6) is 0 Å². The van der Waals surface area contributed by atoms with E-state index in [-0.39, 0.29) is 17.2 Å². The Kier molecular flexibility index (Phi) is 4.30. The topological polar surface area (TPSA) is 62.5 Å². The van der Waals surface area contributed by atoms with E-state index in [1.54, 1.807) is 0 Å². The average molecular weight is 387 g/mol. The van der Waals surface area contributed by atoms with E-state index in [9.17, 15) is 14.7 Å². The Morgan fingerprint density at radius 1 is 1.15 bits per heavy atom. The number of hydrogen-bond acceptors (Lipinski definition) is 2. The quantitative estimate of drug-likeness (QED) is 0.864. The van der Waals surface area contributed by atoms with Crippen molar-refractivity contribution in [1.29, 1.82) is 0 Å². The SMILES string of the molecule is Cc1cc(C(=O)N2CCC3(CC2)CC3C(=O)O)c(C)n1-c1ccc(Cl)cc1. The Labute approximate surface area is 163 Å². The zero-order chi connectivity index (χ0) is 19.3. The molecule has 1 aliphatic heterocycles. The number of carbonyl (C=O) groups excluding carboxylic acids is 1. The highest BCUT2D eigenvalue weighted by atomic mass is 35.5. The molecule has 2 aliphatic rings. The summed E-state index contributed by atoms with van der Waals surface area (Å²) in [7, 11) is 0. The lowest BCUT2D eigenvalue weighted by Gasteiger charge is -2.32. The molecule has 4 rings (SSSR count). The van der Waals surface area contributed by atoms with Crippen molar-refractivity contribution >= 4 is 23.5 Å². The zero-order valence-electron chi connectivity index (χ0n) is 15.5. The molecule has 142 valence electrons. The lowest BCUT2D eigenvalue weighted by molar-refractivity contribution is -0.139. The maximum absolute atomic E-state index is 13.1. The molecule has 1 spiro atoms. The van der Waals surface area contributed by atoms with E-state index < -0.39 is 5.97 Å². The van der Waals surface area contributed by atoms with Crippen molar-refractivity contribution < 1.29 is 14.7 Å². The summed E-state index contributed by atoms with van der Waals surface area (Å²) in [5, 5.41) is 9.91. The predicted molar refractivity (Wildman–Crippen MR) is 104 cm³/mol. The fourth-order valence-electron chi connectivity index (χ4n) is 4.54. The first kappa shape index (κ1) is 18.1. The molecule has 1 amide bonds. The van der Waals surface area contributed by atoms with Gasteiger partial charge in [0.25, 0.3) is 5.91 Å². The van der Waals surface area contributed by atoms with Gasteiger partial charge in [-0.3, -0.25) is 9.59 Å². The smallest absolute Gasteiger partial charge is 0.307 e. The van der Waals surface area contributed by atoms with Gasteiger partial charge < -0.3 is 14.6 Å². The molecule has 1 aromatic heterocycles. The second-order valence-corrected chi connectivity index (χ2v) is 8.28. The number of benzene rings is 1. The molecule has 1 saturated heterocycles. The van der Waals surface area contributed by atoms with Crippen LogP contribution in [0, 0.1) is 25.2 Å². The predicted octanol–water partition coefficient (Wildman–Crippen LogP) is 4.07. The highest BCUT2D eigenvalue weighted by Gasteiger charge is 2.59. The standard InChI is InChI=1S/C21H23ClN2O3/c1-13-11-17(14(2)24(13)16-5-3-15(22)4-6-16)19(25)23-9-7-21(8-10-23)12-18(21)20(26)27/h3-6,11,18H,7-10,12H2,1-2H3,(H,26,27). The molecule has 1 saturated carbocycles. The van der Waals surface area contributed by atoms with Gasteiger partial charge in [-0.15, -0.1) is 0 Å².